The van der Waals surface area contributed by atoms with Crippen LogP contribution in [-0.2, 0) is 0 Å². The molecule has 29 heavy (non-hydrogen) atoms. The lowest BCUT2D eigenvalue weighted by atomic mass is 10.1. The molecule has 2 aromatic carbocycles. The van der Waals surface area contributed by atoms with E-state index >= 15 is 0 Å². The zero-order valence-corrected chi connectivity index (χ0v) is 16.5. The van der Waals surface area contributed by atoms with E-state index in [0.717, 1.165) is 11.4 Å². The molecule has 0 bridgehead atoms. The van der Waals surface area contributed by atoms with Gasteiger partial charge in [-0.1, -0.05) is 18.2 Å². The Morgan fingerprint density at radius 2 is 2.00 bits per heavy atom. The van der Waals surface area contributed by atoms with Gasteiger partial charge in [0.25, 0.3) is 5.91 Å². The summed E-state index contributed by atoms with van der Waals surface area (Å²) in [7, 11) is 1.41. The number of hydrogen-bond acceptors (Lipinski definition) is 5. The summed E-state index contributed by atoms with van der Waals surface area (Å²) >= 11 is 1.27. The number of ether oxygens (including phenoxy) is 1. The Kier molecular flexibility index (Phi) is 5.09. The summed E-state index contributed by atoms with van der Waals surface area (Å²) in [5, 5.41) is 9.29. The van der Waals surface area contributed by atoms with E-state index in [2.05, 4.69) is 15.4 Å². The van der Waals surface area contributed by atoms with Gasteiger partial charge in [0.1, 0.15) is 0 Å². The fourth-order valence-corrected chi connectivity index (χ4v) is 3.63. The molecular weight excluding hydrogens is 391 g/mol. The Labute approximate surface area is 170 Å². The molecule has 0 saturated heterocycles. The van der Waals surface area contributed by atoms with Gasteiger partial charge < -0.3 is 4.74 Å². The fraction of sp³-hybridized carbons (Fsp3) is 0.0952. The van der Waals surface area contributed by atoms with Gasteiger partial charge in [0.15, 0.2) is 16.7 Å². The highest BCUT2D eigenvalue weighted by Gasteiger charge is 2.17. The Morgan fingerprint density at radius 3 is 2.72 bits per heavy atom. The van der Waals surface area contributed by atoms with Crippen molar-refractivity contribution in [2.24, 2.45) is 0 Å². The van der Waals surface area contributed by atoms with E-state index in [4.69, 9.17) is 4.74 Å². The van der Waals surface area contributed by atoms with Crippen molar-refractivity contribution < 1.29 is 13.9 Å². The van der Waals surface area contributed by atoms with E-state index in [1.54, 1.807) is 22.2 Å². The molecule has 4 aromatic rings. The van der Waals surface area contributed by atoms with Crippen molar-refractivity contribution in [3.05, 3.63) is 77.2 Å². The highest BCUT2D eigenvalue weighted by molar-refractivity contribution is 7.14. The first-order valence-corrected chi connectivity index (χ1v) is 9.65. The maximum atomic E-state index is 13.9. The quantitative estimate of drug-likeness (QED) is 0.520. The topological polar surface area (TPSA) is 69.0 Å². The average Bonchev–Trinajstić information content (AvgIpc) is 3.35. The molecular formula is C21H17FN4O2S. The number of aromatic nitrogens is 3. The molecule has 0 aliphatic heterocycles. The Morgan fingerprint density at radius 1 is 1.21 bits per heavy atom. The van der Waals surface area contributed by atoms with Crippen LogP contribution in [0.5, 0.6) is 5.75 Å². The summed E-state index contributed by atoms with van der Waals surface area (Å²) in [6.07, 6.45) is 1.53. The van der Waals surface area contributed by atoms with Crippen LogP contribution in [0.25, 0.3) is 16.9 Å². The second kappa shape index (κ2) is 7.84. The Hall–Kier alpha value is -3.52. The summed E-state index contributed by atoms with van der Waals surface area (Å²) < 4.78 is 20.6. The van der Waals surface area contributed by atoms with Crippen LogP contribution in [-0.4, -0.2) is 27.8 Å². The molecule has 0 unspecified atom stereocenters. The summed E-state index contributed by atoms with van der Waals surface area (Å²) in [6, 6.07) is 14.2. The third-order valence-corrected chi connectivity index (χ3v) is 5.19. The van der Waals surface area contributed by atoms with Crippen molar-refractivity contribution in [2.75, 3.05) is 12.4 Å². The first-order valence-electron chi connectivity index (χ1n) is 8.77. The minimum atomic E-state index is -0.465. The molecule has 0 saturated carbocycles. The minimum absolute atomic E-state index is 0.170. The van der Waals surface area contributed by atoms with Crippen LogP contribution in [0.2, 0.25) is 0 Å². The van der Waals surface area contributed by atoms with Gasteiger partial charge in [0.05, 0.1) is 35.9 Å². The van der Waals surface area contributed by atoms with Gasteiger partial charge in [-0.2, -0.15) is 5.10 Å². The number of nitrogens with one attached hydrogen (secondary N) is 1. The molecule has 2 aromatic heterocycles. The van der Waals surface area contributed by atoms with Crippen LogP contribution in [0.4, 0.5) is 9.52 Å². The number of hydrogen-bond donors (Lipinski definition) is 1. The molecule has 6 nitrogen and oxygen atoms in total. The van der Waals surface area contributed by atoms with Crippen molar-refractivity contribution in [2.45, 2.75) is 6.92 Å². The number of carbonyl (C=O) groups excluding carboxylic acids is 1. The van der Waals surface area contributed by atoms with Crippen LogP contribution in [0.15, 0.2) is 60.1 Å². The largest absolute Gasteiger partial charge is 0.494 e. The van der Waals surface area contributed by atoms with Crippen LogP contribution >= 0.6 is 11.3 Å². The number of benzene rings is 2. The summed E-state index contributed by atoms with van der Waals surface area (Å²) in [5.74, 6) is -0.595. The molecule has 8 heteroatoms. The van der Waals surface area contributed by atoms with E-state index < -0.39 is 5.82 Å². The normalized spacial score (nSPS) is 10.7. The molecule has 0 aliphatic rings. The van der Waals surface area contributed by atoms with E-state index in [0.29, 0.717) is 22.0 Å². The van der Waals surface area contributed by atoms with Crippen LogP contribution in [0.1, 0.15) is 16.1 Å². The smallest absolute Gasteiger partial charge is 0.260 e. The Bertz CT molecular complexity index is 1170. The lowest BCUT2D eigenvalue weighted by Crippen LogP contribution is -2.13. The monoisotopic (exact) mass is 408 g/mol. The fourth-order valence-electron chi connectivity index (χ4n) is 2.92. The van der Waals surface area contributed by atoms with Gasteiger partial charge in [-0.25, -0.2) is 14.1 Å². The van der Waals surface area contributed by atoms with Crippen molar-refractivity contribution >= 4 is 22.4 Å². The highest BCUT2D eigenvalue weighted by Crippen LogP contribution is 2.28. The lowest BCUT2D eigenvalue weighted by Gasteiger charge is -2.05. The van der Waals surface area contributed by atoms with Gasteiger partial charge in [0, 0.05) is 10.9 Å². The second-order valence-corrected chi connectivity index (χ2v) is 7.09. The van der Waals surface area contributed by atoms with E-state index in [9.17, 15) is 9.18 Å². The number of thiazole rings is 1. The predicted molar refractivity (Wildman–Crippen MR) is 110 cm³/mol. The number of rotatable bonds is 5. The molecule has 0 fully saturated rings. The second-order valence-electron chi connectivity index (χ2n) is 6.23. The minimum Gasteiger partial charge on any atom is -0.494 e. The zero-order valence-electron chi connectivity index (χ0n) is 15.7. The molecule has 0 aliphatic carbocycles. The summed E-state index contributed by atoms with van der Waals surface area (Å²) in [6.45, 7) is 1.84. The first kappa shape index (κ1) is 18.8. The summed E-state index contributed by atoms with van der Waals surface area (Å²) in [5.41, 5.74) is 3.24. The summed E-state index contributed by atoms with van der Waals surface area (Å²) in [4.78, 5) is 17.1. The molecule has 1 amide bonds. The van der Waals surface area contributed by atoms with Crippen LogP contribution in [0.3, 0.4) is 0 Å². The number of amides is 1. The van der Waals surface area contributed by atoms with Gasteiger partial charge in [-0.3, -0.25) is 10.1 Å². The Balaban J connectivity index is 1.53. The van der Waals surface area contributed by atoms with E-state index in [-0.39, 0.29) is 11.7 Å². The SMILES string of the molecule is COc1ccc(-c2csc(NC(=O)c3cnn(-c4ccccc4)c3C)n2)cc1F. The van der Waals surface area contributed by atoms with Crippen molar-refractivity contribution in [3.63, 3.8) is 0 Å². The third kappa shape index (κ3) is 3.74. The van der Waals surface area contributed by atoms with Crippen molar-refractivity contribution in [1.82, 2.24) is 14.8 Å². The number of anilines is 1. The van der Waals surface area contributed by atoms with Gasteiger partial charge in [-0.15, -0.1) is 11.3 Å². The number of carbonyl (C=O) groups is 1. The van der Waals surface area contributed by atoms with Gasteiger partial charge >= 0.3 is 0 Å². The number of nitrogens with zero attached hydrogens (tertiary/aromatic N) is 3. The number of para-hydroxylation sites is 1. The van der Waals surface area contributed by atoms with Crippen LogP contribution < -0.4 is 10.1 Å². The van der Waals surface area contributed by atoms with Crippen molar-refractivity contribution in [3.8, 4) is 22.7 Å². The van der Waals surface area contributed by atoms with Crippen LogP contribution in [0, 0.1) is 12.7 Å². The number of methoxy groups -OCH3 is 1. The first-order chi connectivity index (χ1) is 14.1. The maximum absolute atomic E-state index is 13.9. The molecule has 1 N–H and O–H groups in total. The standard InChI is InChI=1S/C21H17FN4O2S/c1-13-16(11-23-26(13)15-6-4-3-5-7-15)20(27)25-21-24-18(12-29-21)14-8-9-19(28-2)17(22)10-14/h3-12H,1-2H3,(H,24,25,27). The third-order valence-electron chi connectivity index (χ3n) is 4.43. The highest BCUT2D eigenvalue weighted by atomic mass is 32.1. The van der Waals surface area contributed by atoms with Gasteiger partial charge in [-0.05, 0) is 37.3 Å². The molecule has 146 valence electrons. The average molecular weight is 408 g/mol. The van der Waals surface area contributed by atoms with Gasteiger partial charge in [0.2, 0.25) is 0 Å². The van der Waals surface area contributed by atoms with Crippen molar-refractivity contribution in [1.29, 1.82) is 0 Å². The van der Waals surface area contributed by atoms with E-state index in [1.807, 2.05) is 37.3 Å². The molecule has 4 rings (SSSR count). The number of halogens is 1. The molecule has 0 atom stereocenters. The molecule has 0 radical (unpaired) electrons. The zero-order chi connectivity index (χ0) is 20.4. The molecule has 2 heterocycles. The maximum Gasteiger partial charge on any atom is 0.260 e. The molecule has 0 spiro atoms. The lowest BCUT2D eigenvalue weighted by molar-refractivity contribution is 0.102. The predicted octanol–water partition coefficient (Wildman–Crippen LogP) is 4.70. The van der Waals surface area contributed by atoms with E-state index in [1.165, 1.54) is 30.7 Å².